The molecule has 2 aromatic heterocycles. The lowest BCUT2D eigenvalue weighted by Gasteiger charge is -2.27. The first-order chi connectivity index (χ1) is 11.6. The largest absolute Gasteiger partial charge is 0.389 e. The van der Waals surface area contributed by atoms with Gasteiger partial charge in [-0.2, -0.15) is 5.10 Å². The summed E-state index contributed by atoms with van der Waals surface area (Å²) in [6.45, 7) is 7.74. The van der Waals surface area contributed by atoms with Gasteiger partial charge in [0.2, 0.25) is 0 Å². The smallest absolute Gasteiger partial charge is 0.0900 e. The van der Waals surface area contributed by atoms with Crippen LogP contribution in [0.1, 0.15) is 29.1 Å². The van der Waals surface area contributed by atoms with Crippen molar-refractivity contribution in [3.05, 3.63) is 39.8 Å². The Labute approximate surface area is 147 Å². The highest BCUT2D eigenvalue weighted by molar-refractivity contribution is 7.09. The third-order valence-corrected chi connectivity index (χ3v) is 5.42. The van der Waals surface area contributed by atoms with Crippen LogP contribution in [0, 0.1) is 13.8 Å². The second-order valence-corrected chi connectivity index (χ2v) is 7.68. The number of likely N-dealkylation sites (tertiary alicyclic amines) is 1. The molecule has 2 aromatic rings. The molecule has 0 aromatic carbocycles. The third kappa shape index (κ3) is 4.66. The molecular weight excluding hydrogens is 322 g/mol. The van der Waals surface area contributed by atoms with Crippen LogP contribution in [0.15, 0.2) is 23.6 Å². The number of rotatable bonds is 8. The van der Waals surface area contributed by atoms with Crippen LogP contribution in [0.4, 0.5) is 0 Å². The van der Waals surface area contributed by atoms with E-state index in [4.69, 9.17) is 4.74 Å². The zero-order valence-corrected chi connectivity index (χ0v) is 15.3. The van der Waals surface area contributed by atoms with Crippen LogP contribution >= 0.6 is 11.3 Å². The Morgan fingerprint density at radius 2 is 2.33 bits per heavy atom. The molecule has 0 saturated carbocycles. The number of thiophene rings is 1. The summed E-state index contributed by atoms with van der Waals surface area (Å²) in [5.74, 6) is 0. The maximum Gasteiger partial charge on any atom is 0.0900 e. The molecule has 3 heterocycles. The van der Waals surface area contributed by atoms with Gasteiger partial charge in [-0.25, -0.2) is 0 Å². The lowest BCUT2D eigenvalue weighted by atomic mass is 10.2. The number of aliphatic hydroxyl groups is 1. The van der Waals surface area contributed by atoms with E-state index in [1.165, 1.54) is 23.4 Å². The Hall–Kier alpha value is -1.21. The fraction of sp³-hybridized carbons (Fsp3) is 0.611. The lowest BCUT2D eigenvalue weighted by Crippen LogP contribution is -2.40. The number of hydrogen-bond acceptors (Lipinski definition) is 5. The summed E-state index contributed by atoms with van der Waals surface area (Å²) in [5, 5.41) is 16.9. The van der Waals surface area contributed by atoms with Crippen molar-refractivity contribution in [2.24, 2.45) is 0 Å². The zero-order valence-electron chi connectivity index (χ0n) is 14.5. The van der Waals surface area contributed by atoms with Crippen molar-refractivity contribution in [2.75, 3.05) is 19.7 Å². The Balaban J connectivity index is 1.45. The highest BCUT2D eigenvalue weighted by Gasteiger charge is 2.27. The molecule has 2 unspecified atom stereocenters. The van der Waals surface area contributed by atoms with Crippen molar-refractivity contribution in [1.82, 2.24) is 14.7 Å². The number of aryl methyl sites for hydroxylation is 2. The average molecular weight is 350 g/mol. The van der Waals surface area contributed by atoms with Gasteiger partial charge in [-0.15, -0.1) is 11.3 Å². The first kappa shape index (κ1) is 17.6. The molecule has 1 saturated heterocycles. The lowest BCUT2D eigenvalue weighted by molar-refractivity contribution is 0.00737. The summed E-state index contributed by atoms with van der Waals surface area (Å²) in [5.41, 5.74) is 2.28. The molecule has 0 amide bonds. The molecule has 5 nitrogen and oxygen atoms in total. The molecule has 1 aliphatic heterocycles. The van der Waals surface area contributed by atoms with Crippen LogP contribution in [0.25, 0.3) is 0 Å². The third-order valence-electron chi connectivity index (χ3n) is 4.57. The fourth-order valence-electron chi connectivity index (χ4n) is 3.42. The van der Waals surface area contributed by atoms with Gasteiger partial charge in [-0.05, 0) is 50.7 Å². The summed E-state index contributed by atoms with van der Waals surface area (Å²) in [4.78, 5) is 3.58. The molecule has 24 heavy (non-hydrogen) atoms. The van der Waals surface area contributed by atoms with Gasteiger partial charge in [0.25, 0.3) is 0 Å². The van der Waals surface area contributed by atoms with Gasteiger partial charge in [0.15, 0.2) is 0 Å². The van der Waals surface area contributed by atoms with Crippen molar-refractivity contribution >= 4 is 11.3 Å². The summed E-state index contributed by atoms with van der Waals surface area (Å²) >= 11 is 1.69. The van der Waals surface area contributed by atoms with E-state index in [1.54, 1.807) is 11.3 Å². The number of aliphatic hydroxyl groups excluding tert-OH is 1. The highest BCUT2D eigenvalue weighted by atomic mass is 32.1. The molecule has 0 spiro atoms. The van der Waals surface area contributed by atoms with Crippen molar-refractivity contribution in [3.63, 3.8) is 0 Å². The van der Waals surface area contributed by atoms with Crippen LogP contribution in [-0.2, 0) is 17.9 Å². The molecule has 0 bridgehead atoms. The summed E-state index contributed by atoms with van der Waals surface area (Å²) < 4.78 is 7.74. The average Bonchev–Trinajstić information content (AvgIpc) is 3.24. The van der Waals surface area contributed by atoms with E-state index >= 15 is 0 Å². The first-order valence-electron chi connectivity index (χ1n) is 8.65. The van der Waals surface area contributed by atoms with Crippen LogP contribution in [0.2, 0.25) is 0 Å². The summed E-state index contributed by atoms with van der Waals surface area (Å²) in [6.07, 6.45) is 1.92. The van der Waals surface area contributed by atoms with Crippen LogP contribution in [-0.4, -0.2) is 51.6 Å². The van der Waals surface area contributed by atoms with Gasteiger partial charge in [-0.3, -0.25) is 9.58 Å². The minimum absolute atomic E-state index is 0.390. The topological polar surface area (TPSA) is 50.5 Å². The molecule has 1 fully saturated rings. The van der Waals surface area contributed by atoms with Crippen LogP contribution in [0.5, 0.6) is 0 Å². The number of aromatic nitrogens is 2. The minimum Gasteiger partial charge on any atom is -0.389 e. The second kappa shape index (κ2) is 8.25. The van der Waals surface area contributed by atoms with Crippen molar-refractivity contribution in [1.29, 1.82) is 0 Å². The van der Waals surface area contributed by atoms with Crippen molar-refractivity contribution in [2.45, 2.75) is 52.0 Å². The molecule has 132 valence electrons. The van der Waals surface area contributed by atoms with Gasteiger partial charge in [0.05, 0.1) is 31.6 Å². The Morgan fingerprint density at radius 3 is 3.04 bits per heavy atom. The Bertz CT molecular complexity index is 626. The molecule has 0 aliphatic carbocycles. The molecule has 0 radical (unpaired) electrons. The zero-order chi connectivity index (χ0) is 16.9. The van der Waals surface area contributed by atoms with E-state index < -0.39 is 6.10 Å². The van der Waals surface area contributed by atoms with Gasteiger partial charge in [0, 0.05) is 23.2 Å². The van der Waals surface area contributed by atoms with E-state index in [0.717, 1.165) is 18.8 Å². The maximum absolute atomic E-state index is 10.3. The molecule has 3 rings (SSSR count). The van der Waals surface area contributed by atoms with E-state index in [2.05, 4.69) is 33.7 Å². The summed E-state index contributed by atoms with van der Waals surface area (Å²) in [7, 11) is 0. The van der Waals surface area contributed by atoms with Crippen molar-refractivity contribution in [3.8, 4) is 0 Å². The van der Waals surface area contributed by atoms with Crippen molar-refractivity contribution < 1.29 is 9.84 Å². The van der Waals surface area contributed by atoms with E-state index in [0.29, 0.717) is 25.8 Å². The van der Waals surface area contributed by atoms with E-state index in [9.17, 15) is 5.11 Å². The fourth-order valence-corrected chi connectivity index (χ4v) is 4.06. The number of ether oxygens (including phenoxy) is 1. The number of hydrogen-bond donors (Lipinski definition) is 1. The highest BCUT2D eigenvalue weighted by Crippen LogP contribution is 2.20. The van der Waals surface area contributed by atoms with Crippen LogP contribution in [0.3, 0.4) is 0 Å². The molecular formula is C18H27N3O2S. The number of β-amino-alcohol motifs (C(OH)–C–C–N with tert-alkyl or cyclic N) is 1. The standard InChI is InChI=1S/C18H27N3O2S/c1-14-9-15(2)21(19-14)10-16-5-3-7-20(16)11-17(22)12-23-13-18-6-4-8-24-18/h4,6,8-9,16-17,22H,3,5,7,10-13H2,1-2H3. The molecule has 1 N–H and O–H groups in total. The number of nitrogens with zero attached hydrogens (tertiary/aromatic N) is 3. The minimum atomic E-state index is -0.439. The second-order valence-electron chi connectivity index (χ2n) is 6.65. The van der Waals surface area contributed by atoms with Crippen LogP contribution < -0.4 is 0 Å². The Morgan fingerprint density at radius 1 is 1.46 bits per heavy atom. The monoisotopic (exact) mass is 349 g/mol. The van der Waals surface area contributed by atoms with Gasteiger partial charge < -0.3 is 9.84 Å². The normalized spacial score (nSPS) is 19.9. The van der Waals surface area contributed by atoms with Gasteiger partial charge in [0.1, 0.15) is 0 Å². The van der Waals surface area contributed by atoms with E-state index in [-0.39, 0.29) is 0 Å². The Kier molecular flexibility index (Phi) is 6.05. The summed E-state index contributed by atoms with van der Waals surface area (Å²) in [6, 6.07) is 6.65. The van der Waals surface area contributed by atoms with Gasteiger partial charge >= 0.3 is 0 Å². The molecule has 6 heteroatoms. The quantitative estimate of drug-likeness (QED) is 0.796. The predicted octanol–water partition coefficient (Wildman–Crippen LogP) is 2.60. The predicted molar refractivity (Wildman–Crippen MR) is 96.3 cm³/mol. The molecule has 1 aliphatic rings. The maximum atomic E-state index is 10.3. The van der Waals surface area contributed by atoms with Gasteiger partial charge in [-0.1, -0.05) is 6.07 Å². The molecule has 2 atom stereocenters. The van der Waals surface area contributed by atoms with E-state index in [1.807, 2.05) is 18.4 Å². The first-order valence-corrected chi connectivity index (χ1v) is 9.53. The SMILES string of the molecule is Cc1cc(C)n(CC2CCCN2CC(O)COCc2cccs2)n1.